The molecule has 5 atom stereocenters. The number of hydrogen-bond acceptors (Lipinski definition) is 3. The van der Waals surface area contributed by atoms with Crippen molar-refractivity contribution >= 4 is 17.7 Å². The maximum absolute atomic E-state index is 12.9. The molecular formula is C17H22N2O3. The number of nitrogens with zero attached hydrogens (tertiary/aromatic N) is 1. The van der Waals surface area contributed by atoms with E-state index in [1.807, 2.05) is 6.92 Å². The SMILES string of the molecule is C=CCC(=O)NN1C(=O)[C@@H](C)[C@@](C)(C2C=CCC3CC32)C1=O. The van der Waals surface area contributed by atoms with Gasteiger partial charge in [0.15, 0.2) is 0 Å². The monoisotopic (exact) mass is 302 g/mol. The third-order valence-electron chi connectivity index (χ3n) is 5.63. The molecule has 0 aromatic rings. The van der Waals surface area contributed by atoms with E-state index in [0.29, 0.717) is 11.8 Å². The van der Waals surface area contributed by atoms with Crippen LogP contribution >= 0.6 is 0 Å². The van der Waals surface area contributed by atoms with Gasteiger partial charge in [-0.15, -0.1) is 6.58 Å². The number of amides is 3. The molecule has 5 nitrogen and oxygen atoms in total. The highest BCUT2D eigenvalue weighted by Crippen LogP contribution is 2.59. The molecule has 1 saturated heterocycles. The number of nitrogens with one attached hydrogen (secondary N) is 1. The van der Waals surface area contributed by atoms with Crippen LogP contribution in [0.2, 0.25) is 0 Å². The van der Waals surface area contributed by atoms with Crippen LogP contribution in [0.3, 0.4) is 0 Å². The van der Waals surface area contributed by atoms with E-state index in [1.54, 1.807) is 6.92 Å². The van der Waals surface area contributed by atoms with Crippen molar-refractivity contribution < 1.29 is 14.4 Å². The summed E-state index contributed by atoms with van der Waals surface area (Å²) in [5, 5.41) is 0.927. The molecule has 2 fully saturated rings. The lowest BCUT2D eigenvalue weighted by Crippen LogP contribution is -2.48. The fourth-order valence-corrected chi connectivity index (χ4v) is 3.98. The predicted molar refractivity (Wildman–Crippen MR) is 80.9 cm³/mol. The highest BCUT2D eigenvalue weighted by molar-refractivity contribution is 6.08. The number of rotatable bonds is 4. The molecule has 22 heavy (non-hydrogen) atoms. The van der Waals surface area contributed by atoms with Gasteiger partial charge in [0.05, 0.1) is 11.3 Å². The van der Waals surface area contributed by atoms with Gasteiger partial charge in [-0.25, -0.2) is 0 Å². The molecule has 118 valence electrons. The molecule has 1 saturated carbocycles. The number of fused-ring (bicyclic) bond motifs is 1. The molecule has 0 aromatic carbocycles. The maximum atomic E-state index is 12.9. The Kier molecular flexibility index (Phi) is 3.46. The minimum atomic E-state index is -0.769. The van der Waals surface area contributed by atoms with Crippen molar-refractivity contribution in [1.82, 2.24) is 10.4 Å². The van der Waals surface area contributed by atoms with Crippen molar-refractivity contribution in [1.29, 1.82) is 0 Å². The molecule has 1 N–H and O–H groups in total. The fraction of sp³-hybridized carbons (Fsp3) is 0.588. The Morgan fingerprint density at radius 3 is 2.95 bits per heavy atom. The van der Waals surface area contributed by atoms with Gasteiger partial charge in [-0.2, -0.15) is 5.01 Å². The van der Waals surface area contributed by atoms with Gasteiger partial charge >= 0.3 is 0 Å². The number of carbonyl (C=O) groups is 3. The summed E-state index contributed by atoms with van der Waals surface area (Å²) in [6.07, 6.45) is 7.97. The summed E-state index contributed by atoms with van der Waals surface area (Å²) in [6, 6.07) is 0. The summed E-state index contributed by atoms with van der Waals surface area (Å²) >= 11 is 0. The van der Waals surface area contributed by atoms with Crippen molar-refractivity contribution in [2.45, 2.75) is 33.1 Å². The van der Waals surface area contributed by atoms with Gasteiger partial charge in [0.2, 0.25) is 5.91 Å². The molecule has 3 aliphatic rings. The first-order valence-corrected chi connectivity index (χ1v) is 7.86. The summed E-state index contributed by atoms with van der Waals surface area (Å²) in [7, 11) is 0. The Bertz CT molecular complexity index is 582. The maximum Gasteiger partial charge on any atom is 0.255 e. The molecule has 0 radical (unpaired) electrons. The molecule has 1 heterocycles. The number of allylic oxidation sites excluding steroid dienone is 2. The van der Waals surface area contributed by atoms with Gasteiger partial charge in [0.25, 0.3) is 11.8 Å². The van der Waals surface area contributed by atoms with Gasteiger partial charge in [-0.3, -0.25) is 19.8 Å². The zero-order valence-electron chi connectivity index (χ0n) is 13.0. The Hall–Kier alpha value is -1.91. The molecule has 2 aliphatic carbocycles. The molecule has 0 bridgehead atoms. The third kappa shape index (κ3) is 2.02. The lowest BCUT2D eigenvalue weighted by Gasteiger charge is -2.34. The Morgan fingerprint density at radius 2 is 2.27 bits per heavy atom. The van der Waals surface area contributed by atoms with Crippen LogP contribution in [0.4, 0.5) is 0 Å². The second kappa shape index (κ2) is 5.07. The van der Waals surface area contributed by atoms with Gasteiger partial charge in [0, 0.05) is 6.42 Å². The molecule has 3 amide bonds. The summed E-state index contributed by atoms with van der Waals surface area (Å²) in [6.45, 7) is 7.15. The average molecular weight is 302 g/mol. The molecule has 3 unspecified atom stereocenters. The van der Waals surface area contributed by atoms with Gasteiger partial charge < -0.3 is 0 Å². The van der Waals surface area contributed by atoms with Crippen LogP contribution < -0.4 is 5.43 Å². The molecule has 0 spiro atoms. The summed E-state index contributed by atoms with van der Waals surface area (Å²) in [4.78, 5) is 37.1. The van der Waals surface area contributed by atoms with Crippen LogP contribution in [0.15, 0.2) is 24.8 Å². The number of hydrazine groups is 1. The fourth-order valence-electron chi connectivity index (χ4n) is 3.98. The number of carbonyl (C=O) groups excluding carboxylic acids is 3. The van der Waals surface area contributed by atoms with Gasteiger partial charge in [-0.1, -0.05) is 25.2 Å². The van der Waals surface area contributed by atoms with E-state index in [0.717, 1.165) is 17.9 Å². The molecule has 5 heteroatoms. The normalized spacial score (nSPS) is 39.6. The van der Waals surface area contributed by atoms with Crippen molar-refractivity contribution in [2.75, 3.05) is 0 Å². The average Bonchev–Trinajstić information content (AvgIpc) is 3.26. The molecule has 0 aromatic heterocycles. The van der Waals surface area contributed by atoms with E-state index in [2.05, 4.69) is 24.2 Å². The van der Waals surface area contributed by atoms with Crippen molar-refractivity contribution in [2.24, 2.45) is 29.1 Å². The van der Waals surface area contributed by atoms with Crippen LogP contribution in [-0.2, 0) is 14.4 Å². The summed E-state index contributed by atoms with van der Waals surface area (Å²) in [5.41, 5.74) is 1.66. The minimum Gasteiger partial charge on any atom is -0.273 e. The first kappa shape index (κ1) is 15.0. The van der Waals surface area contributed by atoms with E-state index in [4.69, 9.17) is 0 Å². The number of hydrogen-bond donors (Lipinski definition) is 1. The second-order valence-corrected chi connectivity index (χ2v) is 6.86. The van der Waals surface area contributed by atoms with Crippen LogP contribution in [0, 0.1) is 29.1 Å². The van der Waals surface area contributed by atoms with E-state index < -0.39 is 17.2 Å². The molecule has 1 aliphatic heterocycles. The quantitative estimate of drug-likeness (QED) is 0.636. The third-order valence-corrected chi connectivity index (χ3v) is 5.63. The van der Waals surface area contributed by atoms with Crippen LogP contribution in [0.1, 0.15) is 33.1 Å². The molecule has 3 rings (SSSR count). The Labute approximate surface area is 130 Å². The van der Waals surface area contributed by atoms with E-state index >= 15 is 0 Å². The van der Waals surface area contributed by atoms with Crippen molar-refractivity contribution in [3.8, 4) is 0 Å². The highest BCUT2D eigenvalue weighted by Gasteiger charge is 2.62. The van der Waals surface area contributed by atoms with E-state index in [9.17, 15) is 14.4 Å². The van der Waals surface area contributed by atoms with Gasteiger partial charge in [0.1, 0.15) is 0 Å². The molecular weight excluding hydrogens is 280 g/mol. The van der Waals surface area contributed by atoms with Crippen LogP contribution in [0.5, 0.6) is 0 Å². The minimum absolute atomic E-state index is 0.0795. The lowest BCUT2D eigenvalue weighted by atomic mass is 9.66. The first-order valence-electron chi connectivity index (χ1n) is 7.86. The Morgan fingerprint density at radius 1 is 1.55 bits per heavy atom. The van der Waals surface area contributed by atoms with Gasteiger partial charge in [-0.05, 0) is 37.5 Å². The smallest absolute Gasteiger partial charge is 0.255 e. The standard InChI is InChI=1S/C17H22N2O3/c1-4-6-14(20)18-19-15(21)10(2)17(3,16(19)22)13-8-5-7-11-9-12(11)13/h4-5,8,10-13H,1,6-7,9H2,2-3H3,(H,18,20)/t10-,11?,12?,13?,17+/m1/s1. The highest BCUT2D eigenvalue weighted by atomic mass is 16.2. The summed E-state index contributed by atoms with van der Waals surface area (Å²) < 4.78 is 0. The number of imide groups is 1. The van der Waals surface area contributed by atoms with Crippen LogP contribution in [-0.4, -0.2) is 22.7 Å². The van der Waals surface area contributed by atoms with Crippen molar-refractivity contribution in [3.63, 3.8) is 0 Å². The largest absolute Gasteiger partial charge is 0.273 e. The second-order valence-electron chi connectivity index (χ2n) is 6.86. The summed E-state index contributed by atoms with van der Waals surface area (Å²) in [5.74, 6) is -0.191. The topological polar surface area (TPSA) is 66.5 Å². The Balaban J connectivity index is 1.86. The van der Waals surface area contributed by atoms with E-state index in [-0.39, 0.29) is 24.2 Å². The zero-order valence-corrected chi connectivity index (χ0v) is 13.0. The van der Waals surface area contributed by atoms with E-state index in [1.165, 1.54) is 6.08 Å². The predicted octanol–water partition coefficient (Wildman–Crippen LogP) is 1.82. The zero-order chi connectivity index (χ0) is 16.1. The lowest BCUT2D eigenvalue weighted by molar-refractivity contribution is -0.150. The first-order chi connectivity index (χ1) is 10.4. The van der Waals surface area contributed by atoms with Crippen LogP contribution in [0.25, 0.3) is 0 Å². The van der Waals surface area contributed by atoms with Crippen molar-refractivity contribution in [3.05, 3.63) is 24.8 Å².